The standard InChI is InChI=1S/C12H20F3NO3/c1-2-9-3-5-11(18,6-4-9)7-16-10(17)19-8-12(13,14)15/h9,18H,2-8H2,1H3,(H,16,17). The van der Waals surface area contributed by atoms with Crippen LogP contribution in [0.15, 0.2) is 0 Å². The Morgan fingerprint density at radius 1 is 1.42 bits per heavy atom. The first kappa shape index (κ1) is 16.1. The molecule has 0 bridgehead atoms. The van der Waals surface area contributed by atoms with Crippen LogP contribution in [-0.4, -0.2) is 36.1 Å². The minimum absolute atomic E-state index is 0.0693. The maximum Gasteiger partial charge on any atom is 0.422 e. The van der Waals surface area contributed by atoms with Gasteiger partial charge in [-0.1, -0.05) is 13.3 Å². The van der Waals surface area contributed by atoms with Crippen molar-refractivity contribution < 1.29 is 27.8 Å². The van der Waals surface area contributed by atoms with Crippen LogP contribution in [0.1, 0.15) is 39.0 Å². The molecule has 0 aromatic rings. The Labute approximate surface area is 110 Å². The highest BCUT2D eigenvalue weighted by Gasteiger charge is 2.34. The number of carbonyl (C=O) groups excluding carboxylic acids is 1. The maximum absolute atomic E-state index is 11.8. The third kappa shape index (κ3) is 6.13. The summed E-state index contributed by atoms with van der Waals surface area (Å²) in [7, 11) is 0. The molecule has 0 unspecified atom stereocenters. The fraction of sp³-hybridized carbons (Fsp3) is 0.917. The minimum atomic E-state index is -4.53. The molecule has 0 heterocycles. The zero-order chi connectivity index (χ0) is 14.5. The Morgan fingerprint density at radius 3 is 2.47 bits per heavy atom. The predicted molar refractivity (Wildman–Crippen MR) is 62.6 cm³/mol. The number of rotatable bonds is 4. The summed E-state index contributed by atoms with van der Waals surface area (Å²) in [4.78, 5) is 11.1. The summed E-state index contributed by atoms with van der Waals surface area (Å²) in [5.41, 5.74) is -1.02. The monoisotopic (exact) mass is 283 g/mol. The molecule has 4 nitrogen and oxygen atoms in total. The molecule has 0 aliphatic heterocycles. The summed E-state index contributed by atoms with van der Waals surface area (Å²) in [6, 6.07) is 0. The lowest BCUT2D eigenvalue weighted by molar-refractivity contribution is -0.160. The maximum atomic E-state index is 11.8. The number of ether oxygens (including phenoxy) is 1. The van der Waals surface area contributed by atoms with E-state index >= 15 is 0 Å². The van der Waals surface area contributed by atoms with E-state index < -0.39 is 24.5 Å². The van der Waals surface area contributed by atoms with Crippen LogP contribution in [0.25, 0.3) is 0 Å². The smallest absolute Gasteiger partial charge is 0.422 e. The van der Waals surface area contributed by atoms with E-state index in [2.05, 4.69) is 17.0 Å². The summed E-state index contributed by atoms with van der Waals surface area (Å²) < 4.78 is 39.4. The van der Waals surface area contributed by atoms with Gasteiger partial charge < -0.3 is 15.2 Å². The van der Waals surface area contributed by atoms with Crippen molar-refractivity contribution in [2.24, 2.45) is 5.92 Å². The highest BCUT2D eigenvalue weighted by Crippen LogP contribution is 2.33. The van der Waals surface area contributed by atoms with E-state index in [0.717, 1.165) is 19.3 Å². The number of carbonyl (C=O) groups is 1. The van der Waals surface area contributed by atoms with Crippen molar-refractivity contribution in [3.8, 4) is 0 Å². The predicted octanol–water partition coefficient (Wildman–Crippen LogP) is 2.61. The van der Waals surface area contributed by atoms with E-state index in [1.165, 1.54) is 0 Å². The van der Waals surface area contributed by atoms with Crippen molar-refractivity contribution in [2.75, 3.05) is 13.2 Å². The number of alkyl halides is 3. The Balaban J connectivity index is 2.26. The number of hydrogen-bond donors (Lipinski definition) is 2. The van der Waals surface area contributed by atoms with Crippen molar-refractivity contribution in [2.45, 2.75) is 50.8 Å². The molecule has 0 aromatic heterocycles. The van der Waals surface area contributed by atoms with Gasteiger partial charge in [0.1, 0.15) is 0 Å². The molecule has 0 aromatic carbocycles. The Kier molecular flexibility index (Phi) is 5.46. The van der Waals surface area contributed by atoms with Crippen LogP contribution in [-0.2, 0) is 4.74 Å². The molecule has 2 N–H and O–H groups in total. The Hall–Kier alpha value is -0.980. The first-order valence-electron chi connectivity index (χ1n) is 6.44. The highest BCUT2D eigenvalue weighted by atomic mass is 19.4. The van der Waals surface area contributed by atoms with Crippen molar-refractivity contribution in [1.82, 2.24) is 5.32 Å². The molecule has 1 saturated carbocycles. The van der Waals surface area contributed by atoms with Gasteiger partial charge in [-0.3, -0.25) is 0 Å². The summed E-state index contributed by atoms with van der Waals surface area (Å²) in [5.74, 6) is 0.581. The Morgan fingerprint density at radius 2 is 2.00 bits per heavy atom. The molecule has 112 valence electrons. The van der Waals surface area contributed by atoms with Crippen LogP contribution < -0.4 is 5.32 Å². The summed E-state index contributed by atoms with van der Waals surface area (Å²) >= 11 is 0. The molecule has 1 amide bonds. The van der Waals surface area contributed by atoms with E-state index in [0.29, 0.717) is 18.8 Å². The fourth-order valence-corrected chi connectivity index (χ4v) is 2.24. The van der Waals surface area contributed by atoms with Gasteiger partial charge in [0.25, 0.3) is 0 Å². The summed E-state index contributed by atoms with van der Waals surface area (Å²) in [6.45, 7) is 0.400. The molecule has 1 rings (SSSR count). The highest BCUT2D eigenvalue weighted by molar-refractivity contribution is 5.67. The molecule has 0 spiro atoms. The second-order valence-electron chi connectivity index (χ2n) is 5.12. The lowest BCUT2D eigenvalue weighted by Gasteiger charge is -2.35. The first-order valence-corrected chi connectivity index (χ1v) is 6.44. The van der Waals surface area contributed by atoms with Gasteiger partial charge in [0.15, 0.2) is 6.61 Å². The van der Waals surface area contributed by atoms with Crippen LogP contribution in [0.4, 0.5) is 18.0 Å². The van der Waals surface area contributed by atoms with E-state index in [1.54, 1.807) is 0 Å². The van der Waals surface area contributed by atoms with Crippen LogP contribution >= 0.6 is 0 Å². The van der Waals surface area contributed by atoms with E-state index in [1.807, 2.05) is 0 Å². The normalized spacial score (nSPS) is 27.9. The molecular weight excluding hydrogens is 263 g/mol. The van der Waals surface area contributed by atoms with E-state index in [4.69, 9.17) is 0 Å². The zero-order valence-corrected chi connectivity index (χ0v) is 10.9. The van der Waals surface area contributed by atoms with Crippen molar-refractivity contribution in [3.05, 3.63) is 0 Å². The number of amides is 1. The average Bonchev–Trinajstić information content (AvgIpc) is 2.34. The molecule has 1 fully saturated rings. The molecule has 0 saturated heterocycles. The second kappa shape index (κ2) is 6.45. The number of nitrogens with one attached hydrogen (secondary N) is 1. The van der Waals surface area contributed by atoms with Gasteiger partial charge in [0.05, 0.1) is 5.60 Å². The molecule has 7 heteroatoms. The minimum Gasteiger partial charge on any atom is -0.440 e. The van der Waals surface area contributed by atoms with Gasteiger partial charge >= 0.3 is 12.3 Å². The number of halogens is 3. The summed E-state index contributed by atoms with van der Waals surface area (Å²) in [5, 5.41) is 12.4. The summed E-state index contributed by atoms with van der Waals surface area (Å²) in [6.07, 6.45) is -1.80. The lowest BCUT2D eigenvalue weighted by atomic mass is 9.78. The van der Waals surface area contributed by atoms with E-state index in [-0.39, 0.29) is 6.54 Å². The third-order valence-corrected chi connectivity index (χ3v) is 3.54. The van der Waals surface area contributed by atoms with Gasteiger partial charge in [-0.05, 0) is 31.6 Å². The van der Waals surface area contributed by atoms with Crippen molar-refractivity contribution in [3.63, 3.8) is 0 Å². The molecule has 1 aliphatic rings. The Bertz CT molecular complexity index is 299. The lowest BCUT2D eigenvalue weighted by Crippen LogP contribution is -2.45. The number of alkyl carbamates (subject to hydrolysis) is 1. The number of aliphatic hydroxyl groups is 1. The van der Waals surface area contributed by atoms with Gasteiger partial charge in [-0.15, -0.1) is 0 Å². The van der Waals surface area contributed by atoms with Crippen molar-refractivity contribution in [1.29, 1.82) is 0 Å². The fourth-order valence-electron chi connectivity index (χ4n) is 2.24. The first-order chi connectivity index (χ1) is 8.74. The second-order valence-corrected chi connectivity index (χ2v) is 5.12. The van der Waals surface area contributed by atoms with Gasteiger partial charge in [-0.2, -0.15) is 13.2 Å². The SMILES string of the molecule is CCC1CCC(O)(CNC(=O)OCC(F)(F)F)CC1. The quantitative estimate of drug-likeness (QED) is 0.833. The zero-order valence-electron chi connectivity index (χ0n) is 10.9. The third-order valence-electron chi connectivity index (χ3n) is 3.54. The van der Waals surface area contributed by atoms with Crippen LogP contribution in [0.3, 0.4) is 0 Å². The molecule has 0 atom stereocenters. The topological polar surface area (TPSA) is 58.6 Å². The largest absolute Gasteiger partial charge is 0.440 e. The van der Waals surface area contributed by atoms with Gasteiger partial charge in [0.2, 0.25) is 0 Å². The van der Waals surface area contributed by atoms with E-state index in [9.17, 15) is 23.1 Å². The van der Waals surface area contributed by atoms with Crippen LogP contribution in [0, 0.1) is 5.92 Å². The molecule has 19 heavy (non-hydrogen) atoms. The average molecular weight is 283 g/mol. The van der Waals surface area contributed by atoms with Crippen LogP contribution in [0.5, 0.6) is 0 Å². The molecule has 0 radical (unpaired) electrons. The van der Waals surface area contributed by atoms with Crippen LogP contribution in [0.2, 0.25) is 0 Å². The van der Waals surface area contributed by atoms with Crippen molar-refractivity contribution >= 4 is 6.09 Å². The number of hydrogen-bond acceptors (Lipinski definition) is 3. The van der Waals surface area contributed by atoms with Gasteiger partial charge in [0, 0.05) is 6.54 Å². The molecular formula is C12H20F3NO3. The molecule has 1 aliphatic carbocycles. The van der Waals surface area contributed by atoms with Gasteiger partial charge in [-0.25, -0.2) is 4.79 Å².